The standard InChI is InChI=1S/C22H23N3O3S/c1-15(2)21(27)25-22-24-17(14-29-22)12-20(26)23-13-16-7-6-10-19(11-16)28-18-8-4-3-5-9-18/h3-11,14-15H,12-13H2,1-2H3,(H,23,26)(H,24,25,27). The van der Waals surface area contributed by atoms with Crippen molar-refractivity contribution in [2.24, 2.45) is 5.92 Å². The first-order valence-electron chi connectivity index (χ1n) is 9.33. The molecule has 1 aromatic heterocycles. The summed E-state index contributed by atoms with van der Waals surface area (Å²) in [7, 11) is 0. The largest absolute Gasteiger partial charge is 0.457 e. The Hall–Kier alpha value is -3.19. The zero-order valence-corrected chi connectivity index (χ0v) is 17.2. The Bertz CT molecular complexity index is 970. The maximum Gasteiger partial charge on any atom is 0.228 e. The van der Waals surface area contributed by atoms with Crippen molar-refractivity contribution in [3.8, 4) is 11.5 Å². The molecule has 2 amide bonds. The maximum absolute atomic E-state index is 12.2. The summed E-state index contributed by atoms with van der Waals surface area (Å²) in [5.41, 5.74) is 1.57. The number of para-hydroxylation sites is 1. The van der Waals surface area contributed by atoms with E-state index in [9.17, 15) is 9.59 Å². The van der Waals surface area contributed by atoms with Gasteiger partial charge in [-0.25, -0.2) is 4.98 Å². The van der Waals surface area contributed by atoms with Crippen LogP contribution in [0.15, 0.2) is 60.0 Å². The molecule has 29 heavy (non-hydrogen) atoms. The lowest BCUT2D eigenvalue weighted by molar-refractivity contribution is -0.120. The van der Waals surface area contributed by atoms with Crippen molar-refractivity contribution in [1.82, 2.24) is 10.3 Å². The van der Waals surface area contributed by atoms with Gasteiger partial charge < -0.3 is 15.4 Å². The molecule has 0 unspecified atom stereocenters. The molecule has 0 fully saturated rings. The molecule has 0 saturated heterocycles. The molecular formula is C22H23N3O3S. The van der Waals surface area contributed by atoms with E-state index in [4.69, 9.17) is 4.74 Å². The van der Waals surface area contributed by atoms with Gasteiger partial charge in [0, 0.05) is 17.8 Å². The van der Waals surface area contributed by atoms with Gasteiger partial charge in [0.05, 0.1) is 12.1 Å². The first-order chi connectivity index (χ1) is 14.0. The quantitative estimate of drug-likeness (QED) is 0.578. The van der Waals surface area contributed by atoms with E-state index in [1.807, 2.05) is 68.4 Å². The Morgan fingerprint density at radius 3 is 2.59 bits per heavy atom. The molecule has 3 rings (SSSR count). The molecule has 3 aromatic rings. The van der Waals surface area contributed by atoms with E-state index in [1.165, 1.54) is 11.3 Å². The Labute approximate surface area is 173 Å². The van der Waals surface area contributed by atoms with Gasteiger partial charge >= 0.3 is 0 Å². The molecule has 2 N–H and O–H groups in total. The fourth-order valence-electron chi connectivity index (χ4n) is 2.47. The van der Waals surface area contributed by atoms with Crippen LogP contribution < -0.4 is 15.4 Å². The number of hydrogen-bond acceptors (Lipinski definition) is 5. The summed E-state index contributed by atoms with van der Waals surface area (Å²) in [5.74, 6) is 1.14. The van der Waals surface area contributed by atoms with Crippen LogP contribution in [0.25, 0.3) is 0 Å². The minimum absolute atomic E-state index is 0.0899. The van der Waals surface area contributed by atoms with Crippen molar-refractivity contribution >= 4 is 28.3 Å². The third kappa shape index (κ3) is 6.43. The molecular weight excluding hydrogens is 386 g/mol. The number of thiazole rings is 1. The lowest BCUT2D eigenvalue weighted by Crippen LogP contribution is -2.24. The summed E-state index contributed by atoms with van der Waals surface area (Å²) < 4.78 is 5.82. The van der Waals surface area contributed by atoms with Crippen LogP contribution in [0.4, 0.5) is 5.13 Å². The number of ether oxygens (including phenoxy) is 1. The molecule has 0 radical (unpaired) electrons. The molecule has 0 bridgehead atoms. The van der Waals surface area contributed by atoms with Crippen LogP contribution in [0.1, 0.15) is 25.1 Å². The lowest BCUT2D eigenvalue weighted by Gasteiger charge is -2.08. The van der Waals surface area contributed by atoms with Gasteiger partial charge in [-0.05, 0) is 29.8 Å². The summed E-state index contributed by atoms with van der Waals surface area (Å²) in [6, 6.07) is 17.1. The molecule has 0 aliphatic rings. The van der Waals surface area contributed by atoms with Gasteiger partial charge in [-0.1, -0.05) is 44.2 Å². The first kappa shape index (κ1) is 20.5. The van der Waals surface area contributed by atoms with Crippen molar-refractivity contribution in [2.45, 2.75) is 26.8 Å². The minimum atomic E-state index is -0.133. The second kappa shape index (κ2) is 9.84. The summed E-state index contributed by atoms with van der Waals surface area (Å²) in [5, 5.41) is 7.92. The normalized spacial score (nSPS) is 10.6. The highest BCUT2D eigenvalue weighted by atomic mass is 32.1. The van der Waals surface area contributed by atoms with Crippen molar-refractivity contribution in [3.05, 3.63) is 71.2 Å². The lowest BCUT2D eigenvalue weighted by atomic mass is 10.2. The number of nitrogens with one attached hydrogen (secondary N) is 2. The zero-order valence-electron chi connectivity index (χ0n) is 16.3. The van der Waals surface area contributed by atoms with Gasteiger partial charge in [-0.2, -0.15) is 0 Å². The Balaban J connectivity index is 1.50. The van der Waals surface area contributed by atoms with Crippen LogP contribution >= 0.6 is 11.3 Å². The van der Waals surface area contributed by atoms with Crippen LogP contribution in [0.3, 0.4) is 0 Å². The van der Waals surface area contributed by atoms with E-state index in [2.05, 4.69) is 15.6 Å². The molecule has 0 atom stereocenters. The monoisotopic (exact) mass is 409 g/mol. The number of rotatable bonds is 8. The Morgan fingerprint density at radius 1 is 1.07 bits per heavy atom. The van der Waals surface area contributed by atoms with Crippen LogP contribution in [0.2, 0.25) is 0 Å². The first-order valence-corrected chi connectivity index (χ1v) is 10.2. The highest BCUT2D eigenvalue weighted by Crippen LogP contribution is 2.22. The predicted octanol–water partition coefficient (Wildman–Crippen LogP) is 4.39. The minimum Gasteiger partial charge on any atom is -0.457 e. The average Bonchev–Trinajstić information content (AvgIpc) is 3.14. The number of anilines is 1. The third-order valence-electron chi connectivity index (χ3n) is 4.01. The topological polar surface area (TPSA) is 80.3 Å². The summed E-state index contributed by atoms with van der Waals surface area (Å²) >= 11 is 1.31. The maximum atomic E-state index is 12.2. The number of benzene rings is 2. The number of hydrogen-bond donors (Lipinski definition) is 2. The summed E-state index contributed by atoms with van der Waals surface area (Å²) in [6.45, 7) is 4.03. The average molecular weight is 410 g/mol. The van der Waals surface area contributed by atoms with Crippen LogP contribution in [0.5, 0.6) is 11.5 Å². The second-order valence-electron chi connectivity index (χ2n) is 6.80. The smallest absolute Gasteiger partial charge is 0.228 e. The molecule has 0 saturated carbocycles. The molecule has 2 aromatic carbocycles. The zero-order chi connectivity index (χ0) is 20.6. The molecule has 0 spiro atoms. The van der Waals surface area contributed by atoms with Gasteiger partial charge in [0.1, 0.15) is 11.5 Å². The van der Waals surface area contributed by atoms with Crippen LogP contribution in [0, 0.1) is 5.92 Å². The van der Waals surface area contributed by atoms with Crippen LogP contribution in [-0.4, -0.2) is 16.8 Å². The number of aromatic nitrogens is 1. The summed E-state index contributed by atoms with van der Waals surface area (Å²) in [6.07, 6.45) is 0.161. The second-order valence-corrected chi connectivity index (χ2v) is 7.66. The molecule has 150 valence electrons. The van der Waals surface area contributed by atoms with Crippen molar-refractivity contribution in [1.29, 1.82) is 0 Å². The highest BCUT2D eigenvalue weighted by Gasteiger charge is 2.12. The van der Waals surface area contributed by atoms with Gasteiger partial charge in [0.25, 0.3) is 0 Å². The Kier molecular flexibility index (Phi) is 6.97. The van der Waals surface area contributed by atoms with Gasteiger partial charge in [0.15, 0.2) is 5.13 Å². The van der Waals surface area contributed by atoms with Crippen molar-refractivity contribution in [3.63, 3.8) is 0 Å². The molecule has 6 nitrogen and oxygen atoms in total. The van der Waals surface area contributed by atoms with E-state index < -0.39 is 0 Å². The fourth-order valence-corrected chi connectivity index (χ4v) is 3.18. The molecule has 0 aliphatic heterocycles. The van der Waals surface area contributed by atoms with Crippen molar-refractivity contribution < 1.29 is 14.3 Å². The van der Waals surface area contributed by atoms with E-state index in [1.54, 1.807) is 5.38 Å². The Morgan fingerprint density at radius 2 is 1.83 bits per heavy atom. The van der Waals surface area contributed by atoms with Crippen molar-refractivity contribution in [2.75, 3.05) is 5.32 Å². The van der Waals surface area contributed by atoms with E-state index in [0.29, 0.717) is 23.1 Å². The molecule has 1 heterocycles. The third-order valence-corrected chi connectivity index (χ3v) is 4.82. The molecule has 7 heteroatoms. The number of carbonyl (C=O) groups is 2. The fraction of sp³-hybridized carbons (Fsp3) is 0.227. The van der Waals surface area contributed by atoms with Crippen LogP contribution in [-0.2, 0) is 22.6 Å². The number of carbonyl (C=O) groups excluding carboxylic acids is 2. The van der Waals surface area contributed by atoms with Gasteiger partial charge in [0.2, 0.25) is 11.8 Å². The van der Waals surface area contributed by atoms with Gasteiger partial charge in [-0.15, -0.1) is 11.3 Å². The predicted molar refractivity (Wildman–Crippen MR) is 114 cm³/mol. The van der Waals surface area contributed by atoms with Gasteiger partial charge in [-0.3, -0.25) is 9.59 Å². The highest BCUT2D eigenvalue weighted by molar-refractivity contribution is 7.13. The van der Waals surface area contributed by atoms with E-state index in [-0.39, 0.29) is 24.2 Å². The summed E-state index contributed by atoms with van der Waals surface area (Å²) in [4.78, 5) is 28.2. The molecule has 0 aliphatic carbocycles. The van der Waals surface area contributed by atoms with E-state index >= 15 is 0 Å². The number of nitrogens with zero attached hydrogens (tertiary/aromatic N) is 1. The van der Waals surface area contributed by atoms with E-state index in [0.717, 1.165) is 11.3 Å². The number of amides is 2. The SMILES string of the molecule is CC(C)C(=O)Nc1nc(CC(=O)NCc2cccc(Oc3ccccc3)c2)cs1.